The molecule has 0 heterocycles. The average Bonchev–Trinajstić information content (AvgIpc) is 2.30. The van der Waals surface area contributed by atoms with Crippen LogP contribution < -0.4 is 5.32 Å². The maximum atomic E-state index is 11.6. The Morgan fingerprint density at radius 2 is 1.50 bits per heavy atom. The standard InChI is InChI=1S/C16H31NO/c1-5-6-7-8-9-10-11-12-13-14-17-15(18)16(2,3)4/h5H,1,6-14H2,2-4H3,(H,17,18). The van der Waals surface area contributed by atoms with Crippen LogP contribution in [-0.2, 0) is 4.79 Å². The highest BCUT2D eigenvalue weighted by atomic mass is 16.2. The molecule has 0 aromatic heterocycles. The van der Waals surface area contributed by atoms with Crippen molar-refractivity contribution in [3.8, 4) is 0 Å². The zero-order chi connectivity index (χ0) is 13.9. The first kappa shape index (κ1) is 17.2. The SMILES string of the molecule is C=CCCCCCCCCCNC(=O)C(C)(C)C. The molecule has 0 fully saturated rings. The summed E-state index contributed by atoms with van der Waals surface area (Å²) in [5.74, 6) is 0.159. The van der Waals surface area contributed by atoms with Gasteiger partial charge in [-0.1, -0.05) is 59.0 Å². The minimum atomic E-state index is -0.259. The Labute approximate surface area is 113 Å². The second-order valence-corrected chi connectivity index (χ2v) is 6.06. The summed E-state index contributed by atoms with van der Waals surface area (Å²) >= 11 is 0. The minimum absolute atomic E-state index is 0.159. The van der Waals surface area contributed by atoms with Crippen molar-refractivity contribution in [2.45, 2.75) is 72.1 Å². The number of amides is 1. The molecule has 0 aromatic carbocycles. The predicted molar refractivity (Wildman–Crippen MR) is 79.6 cm³/mol. The first-order valence-electron chi connectivity index (χ1n) is 7.37. The lowest BCUT2D eigenvalue weighted by Gasteiger charge is -2.17. The fourth-order valence-electron chi connectivity index (χ4n) is 1.76. The molecule has 0 rings (SSSR count). The largest absolute Gasteiger partial charge is 0.356 e. The average molecular weight is 253 g/mol. The molecule has 0 radical (unpaired) electrons. The van der Waals surface area contributed by atoms with E-state index in [1.54, 1.807) is 0 Å². The van der Waals surface area contributed by atoms with Crippen LogP contribution >= 0.6 is 0 Å². The van der Waals surface area contributed by atoms with Gasteiger partial charge in [0.15, 0.2) is 0 Å². The zero-order valence-electron chi connectivity index (χ0n) is 12.6. The number of hydrogen-bond donors (Lipinski definition) is 1. The van der Waals surface area contributed by atoms with Crippen LogP contribution in [0.25, 0.3) is 0 Å². The fraction of sp³-hybridized carbons (Fsp3) is 0.812. The Hall–Kier alpha value is -0.790. The molecule has 0 aliphatic rings. The summed E-state index contributed by atoms with van der Waals surface area (Å²) in [6.07, 6.45) is 12.0. The molecular weight excluding hydrogens is 222 g/mol. The van der Waals surface area contributed by atoms with Gasteiger partial charge in [0.05, 0.1) is 0 Å². The van der Waals surface area contributed by atoms with Gasteiger partial charge in [-0.3, -0.25) is 4.79 Å². The van der Waals surface area contributed by atoms with E-state index in [4.69, 9.17) is 0 Å². The molecule has 0 saturated heterocycles. The van der Waals surface area contributed by atoms with E-state index >= 15 is 0 Å². The van der Waals surface area contributed by atoms with Gasteiger partial charge in [0.1, 0.15) is 0 Å². The topological polar surface area (TPSA) is 29.1 Å². The summed E-state index contributed by atoms with van der Waals surface area (Å²) in [5.41, 5.74) is -0.259. The monoisotopic (exact) mass is 253 g/mol. The molecule has 0 aliphatic carbocycles. The molecule has 106 valence electrons. The van der Waals surface area contributed by atoms with E-state index < -0.39 is 0 Å². The molecule has 0 aromatic rings. The van der Waals surface area contributed by atoms with Gasteiger partial charge in [0.2, 0.25) is 5.91 Å². The molecular formula is C16H31NO. The van der Waals surface area contributed by atoms with Crippen LogP contribution in [0.1, 0.15) is 72.1 Å². The first-order chi connectivity index (χ1) is 8.48. The Morgan fingerprint density at radius 1 is 1.00 bits per heavy atom. The number of carbonyl (C=O) groups is 1. The first-order valence-corrected chi connectivity index (χ1v) is 7.37. The Kier molecular flexibility index (Phi) is 9.72. The van der Waals surface area contributed by atoms with E-state index in [0.717, 1.165) is 19.4 Å². The lowest BCUT2D eigenvalue weighted by molar-refractivity contribution is -0.128. The summed E-state index contributed by atoms with van der Waals surface area (Å²) in [4.78, 5) is 11.6. The highest BCUT2D eigenvalue weighted by molar-refractivity contribution is 5.81. The Morgan fingerprint density at radius 3 is 2.00 bits per heavy atom. The second kappa shape index (κ2) is 10.2. The van der Waals surface area contributed by atoms with Crippen LogP contribution in [0.15, 0.2) is 12.7 Å². The Balaban J connectivity index is 3.21. The van der Waals surface area contributed by atoms with Crippen LogP contribution in [0.5, 0.6) is 0 Å². The van der Waals surface area contributed by atoms with Crippen LogP contribution in [0.4, 0.5) is 0 Å². The molecule has 0 unspecified atom stereocenters. The smallest absolute Gasteiger partial charge is 0.225 e. The molecule has 0 spiro atoms. The van der Waals surface area contributed by atoms with E-state index in [9.17, 15) is 4.79 Å². The van der Waals surface area contributed by atoms with E-state index in [2.05, 4.69) is 11.9 Å². The number of carbonyl (C=O) groups excluding carboxylic acids is 1. The van der Waals surface area contributed by atoms with Gasteiger partial charge < -0.3 is 5.32 Å². The summed E-state index contributed by atoms with van der Waals surface area (Å²) in [5, 5.41) is 2.99. The molecule has 1 N–H and O–H groups in total. The van der Waals surface area contributed by atoms with E-state index in [0.29, 0.717) is 0 Å². The second-order valence-electron chi connectivity index (χ2n) is 6.06. The van der Waals surface area contributed by atoms with E-state index in [1.165, 1.54) is 38.5 Å². The van der Waals surface area contributed by atoms with Crippen molar-refractivity contribution < 1.29 is 4.79 Å². The summed E-state index contributed by atoms with van der Waals surface area (Å²) in [7, 11) is 0. The minimum Gasteiger partial charge on any atom is -0.356 e. The molecule has 0 aliphatic heterocycles. The highest BCUT2D eigenvalue weighted by Crippen LogP contribution is 2.12. The van der Waals surface area contributed by atoms with Gasteiger partial charge in [0, 0.05) is 12.0 Å². The van der Waals surface area contributed by atoms with Crippen LogP contribution in [0.3, 0.4) is 0 Å². The molecule has 2 heteroatoms. The molecule has 0 bridgehead atoms. The van der Waals surface area contributed by atoms with Gasteiger partial charge in [-0.2, -0.15) is 0 Å². The number of unbranched alkanes of at least 4 members (excludes halogenated alkanes) is 7. The Bertz CT molecular complexity index is 228. The normalized spacial score (nSPS) is 11.3. The van der Waals surface area contributed by atoms with Crippen molar-refractivity contribution in [3.63, 3.8) is 0 Å². The summed E-state index contributed by atoms with van der Waals surface area (Å²) in [6.45, 7) is 10.4. The highest BCUT2D eigenvalue weighted by Gasteiger charge is 2.19. The predicted octanol–water partition coefficient (Wildman–Crippen LogP) is 4.46. The maximum absolute atomic E-state index is 11.6. The fourth-order valence-corrected chi connectivity index (χ4v) is 1.76. The summed E-state index contributed by atoms with van der Waals surface area (Å²) in [6, 6.07) is 0. The molecule has 18 heavy (non-hydrogen) atoms. The van der Waals surface area contributed by atoms with Gasteiger partial charge in [-0.25, -0.2) is 0 Å². The number of nitrogens with one attached hydrogen (secondary N) is 1. The van der Waals surface area contributed by atoms with Crippen molar-refractivity contribution in [1.29, 1.82) is 0 Å². The number of hydrogen-bond acceptors (Lipinski definition) is 1. The van der Waals surface area contributed by atoms with Gasteiger partial charge >= 0.3 is 0 Å². The van der Waals surface area contributed by atoms with Crippen molar-refractivity contribution >= 4 is 5.91 Å². The van der Waals surface area contributed by atoms with E-state index in [-0.39, 0.29) is 11.3 Å². The van der Waals surface area contributed by atoms with Crippen molar-refractivity contribution in [2.75, 3.05) is 6.54 Å². The van der Waals surface area contributed by atoms with Crippen LogP contribution in [0.2, 0.25) is 0 Å². The number of rotatable bonds is 10. The summed E-state index contributed by atoms with van der Waals surface area (Å²) < 4.78 is 0. The zero-order valence-corrected chi connectivity index (χ0v) is 12.6. The maximum Gasteiger partial charge on any atom is 0.225 e. The lowest BCUT2D eigenvalue weighted by Crippen LogP contribution is -2.35. The third-order valence-corrected chi connectivity index (χ3v) is 3.05. The van der Waals surface area contributed by atoms with Crippen molar-refractivity contribution in [1.82, 2.24) is 5.32 Å². The molecule has 0 saturated carbocycles. The third kappa shape index (κ3) is 10.4. The third-order valence-electron chi connectivity index (χ3n) is 3.05. The van der Waals surface area contributed by atoms with Crippen LogP contribution in [-0.4, -0.2) is 12.5 Å². The van der Waals surface area contributed by atoms with Crippen LogP contribution in [0, 0.1) is 5.41 Å². The van der Waals surface area contributed by atoms with Crippen molar-refractivity contribution in [2.24, 2.45) is 5.41 Å². The lowest BCUT2D eigenvalue weighted by atomic mass is 9.96. The molecule has 2 nitrogen and oxygen atoms in total. The van der Waals surface area contributed by atoms with Gasteiger partial charge in [-0.15, -0.1) is 6.58 Å². The van der Waals surface area contributed by atoms with Crippen molar-refractivity contribution in [3.05, 3.63) is 12.7 Å². The van der Waals surface area contributed by atoms with Gasteiger partial charge in [0.25, 0.3) is 0 Å². The van der Waals surface area contributed by atoms with Gasteiger partial charge in [-0.05, 0) is 19.3 Å². The molecule has 1 amide bonds. The quantitative estimate of drug-likeness (QED) is 0.452. The molecule has 0 atom stereocenters. The number of allylic oxidation sites excluding steroid dienone is 1. The van der Waals surface area contributed by atoms with E-state index in [1.807, 2.05) is 26.8 Å².